The highest BCUT2D eigenvalue weighted by Crippen LogP contribution is 2.17. The van der Waals surface area contributed by atoms with Crippen LogP contribution in [0.25, 0.3) is 11.5 Å². The summed E-state index contributed by atoms with van der Waals surface area (Å²) < 4.78 is 8.24. The summed E-state index contributed by atoms with van der Waals surface area (Å²) in [7, 11) is 0. The van der Waals surface area contributed by atoms with Crippen LogP contribution in [0.4, 0.5) is 0 Å². The number of nitrogens with zero attached hydrogens (tertiary/aromatic N) is 6. The lowest BCUT2D eigenvalue weighted by atomic mass is 10.2. The minimum atomic E-state index is -0.180. The van der Waals surface area contributed by atoms with E-state index in [0.29, 0.717) is 17.5 Å². The standard InChI is InChI=1S/C15H18N6O2/c1-9(2)21-15(22)20(11(4)18-21)8-13-17-14(23-19-13)12-5-10(3)6-16-7-12/h5-7,9H,8H2,1-4H3. The van der Waals surface area contributed by atoms with Gasteiger partial charge in [0, 0.05) is 12.4 Å². The van der Waals surface area contributed by atoms with E-state index in [9.17, 15) is 4.79 Å². The Morgan fingerprint density at radius 2 is 2.04 bits per heavy atom. The van der Waals surface area contributed by atoms with Gasteiger partial charge in [-0.05, 0) is 39.3 Å². The van der Waals surface area contributed by atoms with E-state index in [1.807, 2.05) is 26.8 Å². The van der Waals surface area contributed by atoms with Crippen molar-refractivity contribution < 1.29 is 4.52 Å². The van der Waals surface area contributed by atoms with Crippen LogP contribution in [0, 0.1) is 13.8 Å². The van der Waals surface area contributed by atoms with Crippen LogP contribution >= 0.6 is 0 Å². The summed E-state index contributed by atoms with van der Waals surface area (Å²) in [5.41, 5.74) is 1.58. The first-order chi connectivity index (χ1) is 11.0. The van der Waals surface area contributed by atoms with Gasteiger partial charge >= 0.3 is 5.69 Å². The van der Waals surface area contributed by atoms with Gasteiger partial charge in [0.05, 0.1) is 18.2 Å². The highest BCUT2D eigenvalue weighted by atomic mass is 16.5. The molecule has 120 valence electrons. The van der Waals surface area contributed by atoms with E-state index in [0.717, 1.165) is 11.1 Å². The predicted molar refractivity (Wildman–Crippen MR) is 83.0 cm³/mol. The van der Waals surface area contributed by atoms with Gasteiger partial charge in [-0.15, -0.1) is 0 Å². The molecule has 0 spiro atoms. The van der Waals surface area contributed by atoms with E-state index in [1.54, 1.807) is 19.3 Å². The molecule has 8 heteroatoms. The van der Waals surface area contributed by atoms with Crippen LogP contribution in [0.1, 0.15) is 37.1 Å². The molecule has 0 N–H and O–H groups in total. The van der Waals surface area contributed by atoms with Crippen LogP contribution in [-0.4, -0.2) is 29.5 Å². The van der Waals surface area contributed by atoms with Gasteiger partial charge in [-0.3, -0.25) is 9.55 Å². The Morgan fingerprint density at radius 1 is 1.26 bits per heavy atom. The van der Waals surface area contributed by atoms with Crippen molar-refractivity contribution >= 4 is 0 Å². The van der Waals surface area contributed by atoms with Crippen molar-refractivity contribution in [3.05, 3.63) is 46.2 Å². The summed E-state index contributed by atoms with van der Waals surface area (Å²) in [5, 5.41) is 8.20. The first kappa shape index (κ1) is 15.1. The van der Waals surface area contributed by atoms with Gasteiger partial charge in [0.15, 0.2) is 5.82 Å². The lowest BCUT2D eigenvalue weighted by Crippen LogP contribution is -2.27. The average molecular weight is 314 g/mol. The third kappa shape index (κ3) is 2.92. The van der Waals surface area contributed by atoms with Crippen LogP contribution in [0.5, 0.6) is 0 Å². The number of aryl methyl sites for hydroxylation is 2. The van der Waals surface area contributed by atoms with Gasteiger partial charge in [0.1, 0.15) is 5.82 Å². The summed E-state index contributed by atoms with van der Waals surface area (Å²) in [6, 6.07) is 1.92. The van der Waals surface area contributed by atoms with Crippen molar-refractivity contribution in [1.29, 1.82) is 0 Å². The lowest BCUT2D eigenvalue weighted by Gasteiger charge is -2.01. The molecular formula is C15H18N6O2. The molecular weight excluding hydrogens is 296 g/mol. The van der Waals surface area contributed by atoms with Gasteiger partial charge < -0.3 is 4.52 Å². The molecule has 0 radical (unpaired) electrons. The zero-order chi connectivity index (χ0) is 16.6. The average Bonchev–Trinajstić information content (AvgIpc) is 3.07. The maximum absolute atomic E-state index is 12.3. The minimum Gasteiger partial charge on any atom is -0.334 e. The summed E-state index contributed by atoms with van der Waals surface area (Å²) in [6.45, 7) is 7.77. The van der Waals surface area contributed by atoms with Crippen molar-refractivity contribution in [2.45, 2.75) is 40.3 Å². The van der Waals surface area contributed by atoms with E-state index in [1.165, 1.54) is 9.25 Å². The van der Waals surface area contributed by atoms with E-state index >= 15 is 0 Å². The van der Waals surface area contributed by atoms with Gasteiger partial charge in [-0.2, -0.15) is 10.1 Å². The van der Waals surface area contributed by atoms with E-state index in [-0.39, 0.29) is 18.3 Å². The molecule has 0 atom stereocenters. The molecule has 23 heavy (non-hydrogen) atoms. The van der Waals surface area contributed by atoms with Gasteiger partial charge in [-0.1, -0.05) is 5.16 Å². The summed E-state index contributed by atoms with van der Waals surface area (Å²) >= 11 is 0. The zero-order valence-corrected chi connectivity index (χ0v) is 13.5. The molecule has 3 heterocycles. The molecule has 0 aliphatic carbocycles. The van der Waals surface area contributed by atoms with Crippen molar-refractivity contribution in [2.75, 3.05) is 0 Å². The topological polar surface area (TPSA) is 91.6 Å². The second-order valence-electron chi connectivity index (χ2n) is 5.72. The Kier molecular flexibility index (Phi) is 3.81. The Labute approximate surface area is 132 Å². The Bertz CT molecular complexity index is 890. The molecule has 0 saturated heterocycles. The molecule has 0 aromatic carbocycles. The van der Waals surface area contributed by atoms with Crippen molar-refractivity contribution in [2.24, 2.45) is 0 Å². The zero-order valence-electron chi connectivity index (χ0n) is 13.5. The van der Waals surface area contributed by atoms with Crippen LogP contribution in [0.2, 0.25) is 0 Å². The van der Waals surface area contributed by atoms with Gasteiger partial charge in [0.2, 0.25) is 0 Å². The number of pyridine rings is 1. The van der Waals surface area contributed by atoms with Crippen LogP contribution < -0.4 is 5.69 Å². The summed E-state index contributed by atoms with van der Waals surface area (Å²) in [5.74, 6) is 1.43. The number of rotatable bonds is 4. The molecule has 0 aliphatic rings. The van der Waals surface area contributed by atoms with E-state index in [4.69, 9.17) is 4.52 Å². The van der Waals surface area contributed by atoms with Gasteiger partial charge in [0.25, 0.3) is 5.89 Å². The Hall–Kier alpha value is -2.77. The molecule has 8 nitrogen and oxygen atoms in total. The number of hydrogen-bond donors (Lipinski definition) is 0. The summed E-state index contributed by atoms with van der Waals surface area (Å²) in [4.78, 5) is 20.8. The smallest absolute Gasteiger partial charge is 0.334 e. The minimum absolute atomic E-state index is 0.00153. The van der Waals surface area contributed by atoms with Crippen LogP contribution in [0.15, 0.2) is 27.8 Å². The second-order valence-corrected chi connectivity index (χ2v) is 5.72. The Morgan fingerprint density at radius 3 is 2.70 bits per heavy atom. The third-order valence-corrected chi connectivity index (χ3v) is 3.45. The summed E-state index contributed by atoms with van der Waals surface area (Å²) in [6.07, 6.45) is 3.42. The maximum atomic E-state index is 12.3. The van der Waals surface area contributed by atoms with E-state index < -0.39 is 0 Å². The monoisotopic (exact) mass is 314 g/mol. The molecule has 3 rings (SSSR count). The number of aromatic nitrogens is 6. The molecule has 0 aliphatic heterocycles. The quantitative estimate of drug-likeness (QED) is 0.728. The third-order valence-electron chi connectivity index (χ3n) is 3.45. The molecule has 3 aromatic rings. The van der Waals surface area contributed by atoms with E-state index in [2.05, 4.69) is 20.2 Å². The first-order valence-electron chi connectivity index (χ1n) is 7.36. The largest absolute Gasteiger partial charge is 0.346 e. The lowest BCUT2D eigenvalue weighted by molar-refractivity contribution is 0.419. The van der Waals surface area contributed by atoms with Crippen molar-refractivity contribution in [3.8, 4) is 11.5 Å². The normalized spacial score (nSPS) is 11.3. The van der Waals surface area contributed by atoms with Crippen LogP contribution in [0.3, 0.4) is 0 Å². The molecule has 0 unspecified atom stereocenters. The molecule has 3 aromatic heterocycles. The maximum Gasteiger partial charge on any atom is 0.346 e. The predicted octanol–water partition coefficient (Wildman–Crippen LogP) is 1.74. The molecule has 0 fully saturated rings. The molecule has 0 bridgehead atoms. The first-order valence-corrected chi connectivity index (χ1v) is 7.36. The second kappa shape index (κ2) is 5.79. The van der Waals surface area contributed by atoms with Crippen molar-refractivity contribution in [3.63, 3.8) is 0 Å². The fraction of sp³-hybridized carbons (Fsp3) is 0.400. The molecule has 0 saturated carbocycles. The molecule has 0 amide bonds. The highest BCUT2D eigenvalue weighted by Gasteiger charge is 2.16. The van der Waals surface area contributed by atoms with Gasteiger partial charge in [-0.25, -0.2) is 9.48 Å². The SMILES string of the molecule is Cc1cncc(-c2nc(Cn3c(C)nn(C(C)C)c3=O)no2)c1. The van der Waals surface area contributed by atoms with Crippen LogP contribution in [-0.2, 0) is 6.54 Å². The Balaban J connectivity index is 1.90. The number of hydrogen-bond acceptors (Lipinski definition) is 6. The van der Waals surface area contributed by atoms with Crippen molar-refractivity contribution in [1.82, 2.24) is 29.5 Å². The fourth-order valence-electron chi connectivity index (χ4n) is 2.28. The highest BCUT2D eigenvalue weighted by molar-refractivity contribution is 5.51. The fourth-order valence-corrected chi connectivity index (χ4v) is 2.28.